The SMILES string of the molecule is C[C@@]1(C(=O)NC2CCCCC2)Oc2cccnc2NC1=O. The van der Waals surface area contributed by atoms with Crippen LogP contribution in [0, 0.1) is 0 Å². The number of rotatable bonds is 2. The van der Waals surface area contributed by atoms with E-state index < -0.39 is 11.5 Å². The molecule has 1 fully saturated rings. The second-order valence-corrected chi connectivity index (χ2v) is 5.75. The molecule has 112 valence electrons. The van der Waals surface area contributed by atoms with E-state index in [9.17, 15) is 9.59 Å². The molecule has 6 nitrogen and oxygen atoms in total. The highest BCUT2D eigenvalue weighted by molar-refractivity contribution is 6.15. The van der Waals surface area contributed by atoms with Gasteiger partial charge in [0.15, 0.2) is 11.6 Å². The van der Waals surface area contributed by atoms with Gasteiger partial charge in [0.1, 0.15) is 0 Å². The van der Waals surface area contributed by atoms with E-state index >= 15 is 0 Å². The largest absolute Gasteiger partial charge is 0.464 e. The van der Waals surface area contributed by atoms with Crippen molar-refractivity contribution in [3.63, 3.8) is 0 Å². The van der Waals surface area contributed by atoms with Crippen LogP contribution < -0.4 is 15.4 Å². The molecule has 0 spiro atoms. The Hall–Kier alpha value is -2.11. The van der Waals surface area contributed by atoms with Gasteiger partial charge in [-0.05, 0) is 31.9 Å². The van der Waals surface area contributed by atoms with Gasteiger partial charge in [-0.1, -0.05) is 19.3 Å². The Kier molecular flexibility index (Phi) is 3.53. The number of carbonyl (C=O) groups excluding carboxylic acids is 2. The molecule has 0 unspecified atom stereocenters. The molecule has 0 radical (unpaired) electrons. The van der Waals surface area contributed by atoms with Gasteiger partial charge >= 0.3 is 0 Å². The van der Waals surface area contributed by atoms with Gasteiger partial charge in [-0.15, -0.1) is 0 Å². The molecule has 0 aromatic carbocycles. The quantitative estimate of drug-likeness (QED) is 0.811. The van der Waals surface area contributed by atoms with E-state index in [0.29, 0.717) is 11.6 Å². The molecule has 2 amide bonds. The Balaban J connectivity index is 1.76. The van der Waals surface area contributed by atoms with Crippen molar-refractivity contribution >= 4 is 17.6 Å². The maximum Gasteiger partial charge on any atom is 0.279 e. The van der Waals surface area contributed by atoms with Gasteiger partial charge in [0, 0.05) is 12.2 Å². The summed E-state index contributed by atoms with van der Waals surface area (Å²) in [7, 11) is 0. The van der Waals surface area contributed by atoms with Crippen molar-refractivity contribution in [3.8, 4) is 5.75 Å². The minimum Gasteiger partial charge on any atom is -0.464 e. The minimum absolute atomic E-state index is 0.134. The third kappa shape index (κ3) is 2.57. The average molecular weight is 289 g/mol. The number of pyridine rings is 1. The number of aromatic nitrogens is 1. The van der Waals surface area contributed by atoms with Gasteiger partial charge in [-0.2, -0.15) is 0 Å². The number of ether oxygens (including phenoxy) is 1. The number of nitrogens with zero attached hydrogens (tertiary/aromatic N) is 1. The van der Waals surface area contributed by atoms with Gasteiger partial charge in [-0.3, -0.25) is 9.59 Å². The summed E-state index contributed by atoms with van der Waals surface area (Å²) in [6.45, 7) is 1.50. The minimum atomic E-state index is -1.55. The fourth-order valence-electron chi connectivity index (χ4n) is 2.78. The van der Waals surface area contributed by atoms with Crippen LogP contribution in [0.2, 0.25) is 0 Å². The van der Waals surface area contributed by atoms with Crippen LogP contribution in [0.4, 0.5) is 5.82 Å². The smallest absolute Gasteiger partial charge is 0.279 e. The number of carbonyl (C=O) groups is 2. The van der Waals surface area contributed by atoms with Crippen molar-refractivity contribution in [2.24, 2.45) is 0 Å². The van der Waals surface area contributed by atoms with E-state index in [4.69, 9.17) is 4.74 Å². The zero-order valence-electron chi connectivity index (χ0n) is 12.0. The molecule has 0 bridgehead atoms. The molecular formula is C15H19N3O3. The van der Waals surface area contributed by atoms with Crippen molar-refractivity contribution < 1.29 is 14.3 Å². The lowest BCUT2D eigenvalue weighted by Crippen LogP contribution is -2.60. The highest BCUT2D eigenvalue weighted by Gasteiger charge is 2.48. The Morgan fingerprint density at radius 3 is 2.95 bits per heavy atom. The molecule has 1 saturated carbocycles. The second-order valence-electron chi connectivity index (χ2n) is 5.75. The van der Waals surface area contributed by atoms with Crippen LogP contribution >= 0.6 is 0 Å². The standard InChI is InChI=1S/C15H19N3O3/c1-15(13(19)17-10-6-3-2-4-7-10)14(20)18-12-11(21-15)8-5-9-16-12/h5,8-10H,2-4,6-7H2,1H3,(H,17,19)(H,16,18,20)/t15-/m0/s1. The summed E-state index contributed by atoms with van der Waals surface area (Å²) >= 11 is 0. The Morgan fingerprint density at radius 2 is 2.19 bits per heavy atom. The predicted octanol–water partition coefficient (Wildman–Crippen LogP) is 1.62. The maximum absolute atomic E-state index is 12.5. The normalized spacial score (nSPS) is 25.5. The first-order valence-corrected chi connectivity index (χ1v) is 7.36. The van der Waals surface area contributed by atoms with Gasteiger partial charge in [0.05, 0.1) is 0 Å². The zero-order valence-corrected chi connectivity index (χ0v) is 12.0. The number of amides is 2. The van der Waals surface area contributed by atoms with E-state index in [2.05, 4.69) is 15.6 Å². The van der Waals surface area contributed by atoms with Crippen LogP contribution in [0.1, 0.15) is 39.0 Å². The molecule has 1 aliphatic carbocycles. The summed E-state index contributed by atoms with van der Waals surface area (Å²) in [5, 5.41) is 5.58. The topological polar surface area (TPSA) is 80.3 Å². The lowest BCUT2D eigenvalue weighted by molar-refractivity contribution is -0.147. The second kappa shape index (κ2) is 5.35. The molecule has 1 aromatic rings. The summed E-state index contributed by atoms with van der Waals surface area (Å²) in [6, 6.07) is 3.53. The van der Waals surface area contributed by atoms with Crippen LogP contribution in [-0.4, -0.2) is 28.4 Å². The van der Waals surface area contributed by atoms with Crippen LogP contribution in [0.15, 0.2) is 18.3 Å². The fourth-order valence-corrected chi connectivity index (χ4v) is 2.78. The first-order chi connectivity index (χ1) is 10.1. The molecule has 21 heavy (non-hydrogen) atoms. The predicted molar refractivity (Wildman–Crippen MR) is 76.9 cm³/mol. The monoisotopic (exact) mass is 289 g/mol. The number of fused-ring (bicyclic) bond motifs is 1. The molecule has 1 aliphatic heterocycles. The van der Waals surface area contributed by atoms with Crippen LogP contribution in [0.25, 0.3) is 0 Å². The zero-order chi connectivity index (χ0) is 14.9. The Morgan fingerprint density at radius 1 is 1.43 bits per heavy atom. The fraction of sp³-hybridized carbons (Fsp3) is 0.533. The Bertz CT molecular complexity index is 569. The first kappa shape index (κ1) is 13.9. The van der Waals surface area contributed by atoms with Crippen molar-refractivity contribution in [3.05, 3.63) is 18.3 Å². The molecule has 3 rings (SSSR count). The van der Waals surface area contributed by atoms with E-state index in [1.165, 1.54) is 13.3 Å². The molecule has 6 heteroatoms. The van der Waals surface area contributed by atoms with Gasteiger partial charge < -0.3 is 15.4 Å². The van der Waals surface area contributed by atoms with Crippen molar-refractivity contribution in [1.29, 1.82) is 0 Å². The van der Waals surface area contributed by atoms with Crippen LogP contribution in [0.5, 0.6) is 5.75 Å². The highest BCUT2D eigenvalue weighted by Crippen LogP contribution is 2.31. The molecular weight excluding hydrogens is 270 g/mol. The third-order valence-electron chi connectivity index (χ3n) is 4.12. The molecule has 1 atom stereocenters. The molecule has 2 aliphatic rings. The average Bonchev–Trinajstić information content (AvgIpc) is 2.49. The maximum atomic E-state index is 12.5. The van der Waals surface area contributed by atoms with E-state index in [1.54, 1.807) is 18.3 Å². The highest BCUT2D eigenvalue weighted by atomic mass is 16.5. The van der Waals surface area contributed by atoms with Crippen LogP contribution in [-0.2, 0) is 9.59 Å². The lowest BCUT2D eigenvalue weighted by atomic mass is 9.94. The third-order valence-corrected chi connectivity index (χ3v) is 4.12. The molecule has 0 saturated heterocycles. The number of anilines is 1. The number of nitrogens with one attached hydrogen (secondary N) is 2. The van der Waals surface area contributed by atoms with Crippen molar-refractivity contribution in [2.75, 3.05) is 5.32 Å². The van der Waals surface area contributed by atoms with Gasteiger partial charge in [0.25, 0.3) is 17.4 Å². The van der Waals surface area contributed by atoms with Crippen LogP contribution in [0.3, 0.4) is 0 Å². The van der Waals surface area contributed by atoms with Gasteiger partial charge in [0.2, 0.25) is 0 Å². The summed E-state index contributed by atoms with van der Waals surface area (Å²) in [5.74, 6) is -0.104. The summed E-state index contributed by atoms with van der Waals surface area (Å²) in [4.78, 5) is 28.7. The van der Waals surface area contributed by atoms with E-state index in [-0.39, 0.29) is 11.9 Å². The van der Waals surface area contributed by atoms with Gasteiger partial charge in [-0.25, -0.2) is 4.98 Å². The lowest BCUT2D eigenvalue weighted by Gasteiger charge is -2.34. The molecule has 2 heterocycles. The first-order valence-electron chi connectivity index (χ1n) is 7.36. The van der Waals surface area contributed by atoms with E-state index in [1.807, 2.05) is 0 Å². The number of hydrogen-bond acceptors (Lipinski definition) is 4. The number of hydrogen-bond donors (Lipinski definition) is 2. The molecule has 1 aromatic heterocycles. The van der Waals surface area contributed by atoms with Crippen molar-refractivity contribution in [2.45, 2.75) is 50.7 Å². The summed E-state index contributed by atoms with van der Waals surface area (Å²) in [5.41, 5.74) is -1.55. The summed E-state index contributed by atoms with van der Waals surface area (Å²) < 4.78 is 5.65. The van der Waals surface area contributed by atoms with Crippen molar-refractivity contribution in [1.82, 2.24) is 10.3 Å². The Labute approximate surface area is 123 Å². The van der Waals surface area contributed by atoms with E-state index in [0.717, 1.165) is 25.7 Å². The summed E-state index contributed by atoms with van der Waals surface area (Å²) in [6.07, 6.45) is 6.92. The molecule has 2 N–H and O–H groups in total.